The van der Waals surface area contributed by atoms with Gasteiger partial charge in [0.25, 0.3) is 0 Å². The van der Waals surface area contributed by atoms with E-state index >= 15 is 0 Å². The number of nitrogens with zero attached hydrogens (tertiary/aromatic N) is 2. The molecule has 2 atom stereocenters. The van der Waals surface area contributed by atoms with Gasteiger partial charge >= 0.3 is 0 Å². The molecule has 1 aromatic rings. The Morgan fingerprint density at radius 3 is 2.89 bits per heavy atom. The lowest BCUT2D eigenvalue weighted by Crippen LogP contribution is -2.19. The number of aromatic nitrogens is 1. The third-order valence-corrected chi connectivity index (χ3v) is 5.45. The lowest BCUT2D eigenvalue weighted by Gasteiger charge is -2.14. The van der Waals surface area contributed by atoms with Gasteiger partial charge in [-0.25, -0.2) is 4.98 Å². The third kappa shape index (κ3) is 3.48. The molecule has 0 spiro atoms. The van der Waals surface area contributed by atoms with Gasteiger partial charge in [-0.15, -0.1) is 11.3 Å². The number of rotatable bonds is 6. The molecule has 19 heavy (non-hydrogen) atoms. The van der Waals surface area contributed by atoms with E-state index in [9.17, 15) is 0 Å². The van der Waals surface area contributed by atoms with Crippen molar-refractivity contribution in [2.45, 2.75) is 53.0 Å². The molecule has 0 saturated carbocycles. The molecular formula is C15H27N3S. The van der Waals surface area contributed by atoms with Crippen LogP contribution in [0, 0.1) is 12.8 Å². The van der Waals surface area contributed by atoms with Gasteiger partial charge in [0.2, 0.25) is 0 Å². The van der Waals surface area contributed by atoms with Crippen molar-refractivity contribution in [2.24, 2.45) is 5.92 Å². The van der Waals surface area contributed by atoms with E-state index in [0.717, 1.165) is 12.5 Å². The molecule has 1 aliphatic heterocycles. The molecule has 1 aromatic heterocycles. The highest BCUT2D eigenvalue weighted by molar-refractivity contribution is 7.15. The number of anilines is 1. The molecule has 2 heterocycles. The Kier molecular flexibility index (Phi) is 5.22. The first-order valence-corrected chi connectivity index (χ1v) is 8.43. The van der Waals surface area contributed by atoms with E-state index in [2.05, 4.69) is 37.9 Å². The molecule has 1 aliphatic rings. The number of thiazole rings is 1. The van der Waals surface area contributed by atoms with Gasteiger partial charge in [0.15, 0.2) is 5.13 Å². The van der Waals surface area contributed by atoms with Gasteiger partial charge in [0.1, 0.15) is 0 Å². The van der Waals surface area contributed by atoms with Crippen molar-refractivity contribution in [2.75, 3.05) is 24.5 Å². The highest BCUT2D eigenvalue weighted by Gasteiger charge is 2.24. The quantitative estimate of drug-likeness (QED) is 0.861. The average molecular weight is 281 g/mol. The van der Waals surface area contributed by atoms with Crippen LogP contribution < -0.4 is 10.2 Å². The SMILES string of the molecule is CCCNC(C)c1sc(N2CCC(CC)C2)nc1C. The number of hydrogen-bond donors (Lipinski definition) is 1. The zero-order valence-electron chi connectivity index (χ0n) is 12.7. The van der Waals surface area contributed by atoms with E-state index in [4.69, 9.17) is 4.98 Å². The molecule has 0 bridgehead atoms. The van der Waals surface area contributed by atoms with E-state index < -0.39 is 0 Å². The van der Waals surface area contributed by atoms with Crippen molar-refractivity contribution in [1.82, 2.24) is 10.3 Å². The van der Waals surface area contributed by atoms with Crippen LogP contribution in [0.25, 0.3) is 0 Å². The van der Waals surface area contributed by atoms with Crippen molar-refractivity contribution in [3.05, 3.63) is 10.6 Å². The maximum atomic E-state index is 4.79. The number of aryl methyl sites for hydroxylation is 1. The average Bonchev–Trinajstić information content (AvgIpc) is 3.02. The number of nitrogens with one attached hydrogen (secondary N) is 1. The molecule has 0 aliphatic carbocycles. The second-order valence-electron chi connectivity index (χ2n) is 5.63. The lowest BCUT2D eigenvalue weighted by atomic mass is 10.1. The van der Waals surface area contributed by atoms with Crippen molar-refractivity contribution >= 4 is 16.5 Å². The van der Waals surface area contributed by atoms with Crippen LogP contribution in [0.15, 0.2) is 0 Å². The van der Waals surface area contributed by atoms with Crippen molar-refractivity contribution < 1.29 is 0 Å². The summed E-state index contributed by atoms with van der Waals surface area (Å²) in [6, 6.07) is 0.427. The molecule has 1 saturated heterocycles. The fraction of sp³-hybridized carbons (Fsp3) is 0.800. The molecule has 2 rings (SSSR count). The highest BCUT2D eigenvalue weighted by Crippen LogP contribution is 2.33. The van der Waals surface area contributed by atoms with Gasteiger partial charge in [-0.2, -0.15) is 0 Å². The van der Waals surface area contributed by atoms with E-state index in [1.165, 1.54) is 48.1 Å². The Hall–Kier alpha value is -0.610. The van der Waals surface area contributed by atoms with E-state index in [-0.39, 0.29) is 0 Å². The van der Waals surface area contributed by atoms with Gasteiger partial charge in [-0.1, -0.05) is 20.3 Å². The second-order valence-corrected chi connectivity index (χ2v) is 6.64. The Morgan fingerprint density at radius 2 is 2.26 bits per heavy atom. The van der Waals surface area contributed by atoms with Crippen molar-refractivity contribution in [3.8, 4) is 0 Å². The molecule has 0 radical (unpaired) electrons. The van der Waals surface area contributed by atoms with Crippen molar-refractivity contribution in [1.29, 1.82) is 0 Å². The Morgan fingerprint density at radius 1 is 1.47 bits per heavy atom. The Balaban J connectivity index is 2.04. The van der Waals surface area contributed by atoms with Crippen LogP contribution in [0.5, 0.6) is 0 Å². The highest BCUT2D eigenvalue weighted by atomic mass is 32.1. The molecule has 0 aromatic carbocycles. The van der Waals surface area contributed by atoms with Gasteiger partial charge < -0.3 is 10.2 Å². The predicted octanol–water partition coefficient (Wildman–Crippen LogP) is 3.75. The van der Waals surface area contributed by atoms with Gasteiger partial charge in [0, 0.05) is 24.0 Å². The fourth-order valence-corrected chi connectivity index (χ4v) is 3.85. The van der Waals surface area contributed by atoms with E-state index in [1.807, 2.05) is 11.3 Å². The molecule has 2 unspecified atom stereocenters. The van der Waals surface area contributed by atoms with Gasteiger partial charge in [0.05, 0.1) is 5.69 Å². The Labute approximate surface area is 121 Å². The Bertz CT molecular complexity index is 402. The third-order valence-electron chi connectivity index (χ3n) is 4.05. The van der Waals surface area contributed by atoms with E-state index in [0.29, 0.717) is 6.04 Å². The smallest absolute Gasteiger partial charge is 0.185 e. The lowest BCUT2D eigenvalue weighted by molar-refractivity contribution is 0.569. The molecule has 3 nitrogen and oxygen atoms in total. The van der Waals surface area contributed by atoms with Crippen LogP contribution >= 0.6 is 11.3 Å². The maximum Gasteiger partial charge on any atom is 0.185 e. The molecule has 108 valence electrons. The minimum Gasteiger partial charge on any atom is -0.348 e. The van der Waals surface area contributed by atoms with Crippen LogP contribution in [-0.4, -0.2) is 24.6 Å². The maximum absolute atomic E-state index is 4.79. The fourth-order valence-electron chi connectivity index (χ4n) is 2.72. The van der Waals surface area contributed by atoms with E-state index in [1.54, 1.807) is 0 Å². The first-order valence-electron chi connectivity index (χ1n) is 7.61. The van der Waals surface area contributed by atoms with Crippen LogP contribution in [0.2, 0.25) is 0 Å². The van der Waals surface area contributed by atoms with Gasteiger partial charge in [-0.05, 0) is 39.2 Å². The summed E-state index contributed by atoms with van der Waals surface area (Å²) in [4.78, 5) is 8.67. The summed E-state index contributed by atoms with van der Waals surface area (Å²) in [5.74, 6) is 0.864. The topological polar surface area (TPSA) is 28.2 Å². The van der Waals surface area contributed by atoms with Crippen LogP contribution in [0.4, 0.5) is 5.13 Å². The summed E-state index contributed by atoms with van der Waals surface area (Å²) < 4.78 is 0. The van der Waals surface area contributed by atoms with Crippen LogP contribution in [-0.2, 0) is 0 Å². The van der Waals surface area contributed by atoms with Crippen LogP contribution in [0.1, 0.15) is 56.6 Å². The predicted molar refractivity (Wildman–Crippen MR) is 84.2 cm³/mol. The largest absolute Gasteiger partial charge is 0.348 e. The minimum absolute atomic E-state index is 0.427. The summed E-state index contributed by atoms with van der Waals surface area (Å²) in [6.45, 7) is 12.4. The zero-order valence-corrected chi connectivity index (χ0v) is 13.5. The summed E-state index contributed by atoms with van der Waals surface area (Å²) in [5.41, 5.74) is 1.20. The minimum atomic E-state index is 0.427. The first kappa shape index (κ1) is 14.8. The van der Waals surface area contributed by atoms with Crippen molar-refractivity contribution in [3.63, 3.8) is 0 Å². The van der Waals surface area contributed by atoms with Crippen LogP contribution in [0.3, 0.4) is 0 Å². The van der Waals surface area contributed by atoms with Gasteiger partial charge in [-0.3, -0.25) is 0 Å². The standard InChI is InChI=1S/C15H27N3S/c1-5-8-16-11(3)14-12(4)17-15(19-14)18-9-7-13(6-2)10-18/h11,13,16H,5-10H2,1-4H3. The monoisotopic (exact) mass is 281 g/mol. The zero-order chi connectivity index (χ0) is 13.8. The molecule has 1 fully saturated rings. The summed E-state index contributed by atoms with van der Waals surface area (Å²) in [7, 11) is 0. The summed E-state index contributed by atoms with van der Waals surface area (Å²) >= 11 is 1.88. The normalized spacial score (nSPS) is 21.1. The molecular weight excluding hydrogens is 254 g/mol. The second kappa shape index (κ2) is 6.71. The first-order chi connectivity index (χ1) is 9.15. The summed E-state index contributed by atoms with van der Waals surface area (Å²) in [6.07, 6.45) is 3.80. The molecule has 1 N–H and O–H groups in total. The summed E-state index contributed by atoms with van der Waals surface area (Å²) in [5, 5.41) is 4.80. The molecule has 4 heteroatoms. The number of hydrogen-bond acceptors (Lipinski definition) is 4. The molecule has 0 amide bonds.